The zero-order valence-corrected chi connectivity index (χ0v) is 22.7. The van der Waals surface area contributed by atoms with Gasteiger partial charge in [-0.2, -0.15) is 0 Å². The predicted octanol–water partition coefficient (Wildman–Crippen LogP) is 3.06. The first-order valence-electron chi connectivity index (χ1n) is 12.7. The highest BCUT2D eigenvalue weighted by Crippen LogP contribution is 2.33. The highest BCUT2D eigenvalue weighted by Gasteiger charge is 2.34. The molecule has 3 atom stereocenters. The third-order valence-corrected chi connectivity index (χ3v) is 8.44. The molecule has 10 heteroatoms. The monoisotopic (exact) mass is 531 g/mol. The fourth-order valence-electron chi connectivity index (χ4n) is 4.60. The molecule has 0 bridgehead atoms. The number of ether oxygens (including phenoxy) is 2. The Morgan fingerprint density at radius 1 is 1.19 bits per heavy atom. The molecular formula is C27H37N3O6S. The smallest absolute Gasteiger partial charge is 0.261 e. The Morgan fingerprint density at radius 2 is 1.89 bits per heavy atom. The topological polar surface area (TPSA) is 108 Å². The summed E-state index contributed by atoms with van der Waals surface area (Å²) >= 11 is 0. The molecule has 0 radical (unpaired) electrons. The van der Waals surface area contributed by atoms with Crippen LogP contribution in [0.4, 0.5) is 5.69 Å². The number of likely N-dealkylation sites (N-methyl/N-ethyl adjacent to an activating group) is 1. The molecule has 1 heterocycles. The Bertz CT molecular complexity index is 1200. The van der Waals surface area contributed by atoms with Gasteiger partial charge in [0, 0.05) is 31.2 Å². The van der Waals surface area contributed by atoms with Gasteiger partial charge in [0.1, 0.15) is 17.6 Å². The summed E-state index contributed by atoms with van der Waals surface area (Å²) in [6.45, 7) is 5.83. The Balaban J connectivity index is 1.63. The van der Waals surface area contributed by atoms with Crippen molar-refractivity contribution in [3.05, 3.63) is 48.0 Å². The molecule has 9 nitrogen and oxygen atoms in total. The molecule has 0 aromatic heterocycles. The number of nitrogens with one attached hydrogen (secondary N) is 1. The lowest BCUT2D eigenvalue weighted by Crippen LogP contribution is -2.50. The molecule has 4 rings (SSSR count). The standard InChI is InChI=1S/C27H37N3O6S/c1-18-14-30(19(2)17-31)27(32)24-13-21(28-37(33,34)23-10-8-22(35-4)9-11-23)7-12-25(24)36-26(18)16-29(3)15-20-5-6-20/h7-13,18-20,26,28,31H,5-6,14-17H2,1-4H3/t18-,19-,26-/m1/s1. The minimum Gasteiger partial charge on any atom is -0.497 e. The maximum absolute atomic E-state index is 13.6. The molecular weight excluding hydrogens is 494 g/mol. The van der Waals surface area contributed by atoms with Crippen LogP contribution in [-0.2, 0) is 10.0 Å². The van der Waals surface area contributed by atoms with Gasteiger partial charge in [-0.05, 0) is 75.2 Å². The Morgan fingerprint density at radius 3 is 2.51 bits per heavy atom. The van der Waals surface area contributed by atoms with Crippen LogP contribution in [0.5, 0.6) is 11.5 Å². The molecule has 202 valence electrons. The van der Waals surface area contributed by atoms with Crippen LogP contribution < -0.4 is 14.2 Å². The fourth-order valence-corrected chi connectivity index (χ4v) is 5.65. The maximum Gasteiger partial charge on any atom is 0.261 e. The lowest BCUT2D eigenvalue weighted by atomic mass is 9.99. The van der Waals surface area contributed by atoms with Crippen LogP contribution in [0.15, 0.2) is 47.4 Å². The van der Waals surface area contributed by atoms with Crippen molar-refractivity contribution in [3.63, 3.8) is 0 Å². The van der Waals surface area contributed by atoms with Crippen molar-refractivity contribution in [2.75, 3.05) is 45.1 Å². The summed E-state index contributed by atoms with van der Waals surface area (Å²) in [6, 6.07) is 10.4. The van der Waals surface area contributed by atoms with Gasteiger partial charge < -0.3 is 24.4 Å². The Labute approximate surface area is 219 Å². The van der Waals surface area contributed by atoms with E-state index in [2.05, 4.69) is 23.6 Å². The van der Waals surface area contributed by atoms with Crippen molar-refractivity contribution in [2.24, 2.45) is 11.8 Å². The number of amides is 1. The predicted molar refractivity (Wildman–Crippen MR) is 142 cm³/mol. The maximum atomic E-state index is 13.6. The summed E-state index contributed by atoms with van der Waals surface area (Å²) in [4.78, 5) is 17.6. The van der Waals surface area contributed by atoms with Crippen LogP contribution in [-0.4, -0.2) is 81.8 Å². The van der Waals surface area contributed by atoms with Crippen molar-refractivity contribution >= 4 is 21.6 Å². The zero-order chi connectivity index (χ0) is 26.7. The minimum atomic E-state index is -3.89. The second kappa shape index (κ2) is 11.3. The number of methoxy groups -OCH3 is 1. The van der Waals surface area contributed by atoms with Crippen molar-refractivity contribution in [2.45, 2.75) is 43.7 Å². The first kappa shape index (κ1) is 27.2. The molecule has 1 amide bonds. The quantitative estimate of drug-likeness (QED) is 0.485. The average molecular weight is 532 g/mol. The number of fused-ring (bicyclic) bond motifs is 1. The number of carbonyl (C=O) groups is 1. The number of anilines is 1. The van der Waals surface area contributed by atoms with E-state index < -0.39 is 16.1 Å². The molecule has 2 N–H and O–H groups in total. The fraction of sp³-hybridized carbons (Fsp3) is 0.519. The first-order chi connectivity index (χ1) is 17.6. The van der Waals surface area contributed by atoms with E-state index in [9.17, 15) is 18.3 Å². The summed E-state index contributed by atoms with van der Waals surface area (Å²) < 4.78 is 40.0. The van der Waals surface area contributed by atoms with Gasteiger partial charge in [-0.1, -0.05) is 6.92 Å². The molecule has 0 saturated heterocycles. The molecule has 0 unspecified atom stereocenters. The summed E-state index contributed by atoms with van der Waals surface area (Å²) in [5.74, 6) is 1.42. The lowest BCUT2D eigenvalue weighted by Gasteiger charge is -2.38. The summed E-state index contributed by atoms with van der Waals surface area (Å²) in [7, 11) is -0.294. The summed E-state index contributed by atoms with van der Waals surface area (Å²) in [6.07, 6.45) is 2.35. The van der Waals surface area contributed by atoms with Crippen LogP contribution in [0.1, 0.15) is 37.0 Å². The van der Waals surface area contributed by atoms with E-state index >= 15 is 0 Å². The molecule has 1 saturated carbocycles. The number of hydrogen-bond acceptors (Lipinski definition) is 7. The SMILES string of the molecule is COc1ccc(S(=O)(=O)Nc2ccc3c(c2)C(=O)N([C@H](C)CO)C[C@@H](C)[C@@H](CN(C)CC2CC2)O3)cc1. The van der Waals surface area contributed by atoms with E-state index in [1.165, 1.54) is 38.2 Å². The molecule has 1 fully saturated rings. The van der Waals surface area contributed by atoms with Crippen LogP contribution >= 0.6 is 0 Å². The summed E-state index contributed by atoms with van der Waals surface area (Å²) in [5, 5.41) is 9.86. The largest absolute Gasteiger partial charge is 0.497 e. The number of rotatable bonds is 10. The van der Waals surface area contributed by atoms with Crippen LogP contribution in [0.25, 0.3) is 0 Å². The van der Waals surface area contributed by atoms with E-state index in [4.69, 9.17) is 9.47 Å². The summed E-state index contributed by atoms with van der Waals surface area (Å²) in [5.41, 5.74) is 0.510. The number of aliphatic hydroxyl groups excluding tert-OH is 1. The molecule has 2 aliphatic rings. The van der Waals surface area contributed by atoms with E-state index in [0.717, 1.165) is 12.5 Å². The molecule has 2 aromatic rings. The molecule has 1 aliphatic carbocycles. The molecule has 0 spiro atoms. The van der Waals surface area contributed by atoms with Crippen molar-refractivity contribution in [1.82, 2.24) is 9.80 Å². The van der Waals surface area contributed by atoms with Gasteiger partial charge in [0.25, 0.3) is 15.9 Å². The van der Waals surface area contributed by atoms with Crippen molar-refractivity contribution in [1.29, 1.82) is 0 Å². The van der Waals surface area contributed by atoms with Crippen LogP contribution in [0.2, 0.25) is 0 Å². The van der Waals surface area contributed by atoms with Gasteiger partial charge in [-0.3, -0.25) is 9.52 Å². The highest BCUT2D eigenvalue weighted by molar-refractivity contribution is 7.92. The lowest BCUT2D eigenvalue weighted by molar-refractivity contribution is 0.0344. The Kier molecular flexibility index (Phi) is 8.30. The van der Waals surface area contributed by atoms with Gasteiger partial charge in [0.15, 0.2) is 0 Å². The van der Waals surface area contributed by atoms with Gasteiger partial charge in [-0.25, -0.2) is 8.42 Å². The van der Waals surface area contributed by atoms with E-state index in [-0.39, 0.29) is 40.7 Å². The molecule has 2 aromatic carbocycles. The van der Waals surface area contributed by atoms with Gasteiger partial charge >= 0.3 is 0 Å². The van der Waals surface area contributed by atoms with Crippen LogP contribution in [0.3, 0.4) is 0 Å². The highest BCUT2D eigenvalue weighted by atomic mass is 32.2. The number of aliphatic hydroxyl groups is 1. The van der Waals surface area contributed by atoms with E-state index in [1.807, 2.05) is 0 Å². The second-order valence-corrected chi connectivity index (χ2v) is 12.0. The molecule has 1 aliphatic heterocycles. The van der Waals surface area contributed by atoms with Gasteiger partial charge in [-0.15, -0.1) is 0 Å². The van der Waals surface area contributed by atoms with Gasteiger partial charge in [0.2, 0.25) is 0 Å². The number of nitrogens with zero attached hydrogens (tertiary/aromatic N) is 2. The van der Waals surface area contributed by atoms with Crippen molar-refractivity contribution in [3.8, 4) is 11.5 Å². The van der Waals surface area contributed by atoms with Crippen molar-refractivity contribution < 1.29 is 27.8 Å². The van der Waals surface area contributed by atoms with E-state index in [1.54, 1.807) is 36.1 Å². The van der Waals surface area contributed by atoms with Crippen LogP contribution in [0, 0.1) is 11.8 Å². The second-order valence-electron chi connectivity index (χ2n) is 10.3. The number of sulfonamides is 1. The van der Waals surface area contributed by atoms with Gasteiger partial charge in [0.05, 0.1) is 30.2 Å². The number of benzene rings is 2. The number of hydrogen-bond donors (Lipinski definition) is 2. The first-order valence-corrected chi connectivity index (χ1v) is 14.2. The third-order valence-electron chi connectivity index (χ3n) is 7.05. The number of carbonyl (C=O) groups excluding carboxylic acids is 1. The van der Waals surface area contributed by atoms with E-state index in [0.29, 0.717) is 24.6 Å². The molecule has 37 heavy (non-hydrogen) atoms. The third kappa shape index (κ3) is 6.55. The zero-order valence-electron chi connectivity index (χ0n) is 21.9. The Hall–Kier alpha value is -2.82. The average Bonchev–Trinajstić information content (AvgIpc) is 3.69. The minimum absolute atomic E-state index is 0.0287. The normalized spacial score (nSPS) is 21.0.